The van der Waals surface area contributed by atoms with Gasteiger partial charge in [-0.1, -0.05) is 19.2 Å². The molecule has 0 atom stereocenters. The van der Waals surface area contributed by atoms with Crippen molar-refractivity contribution in [1.29, 1.82) is 0 Å². The van der Waals surface area contributed by atoms with E-state index in [2.05, 4.69) is 13.0 Å². The second-order valence-corrected chi connectivity index (χ2v) is 3.75. The van der Waals surface area contributed by atoms with E-state index in [1.165, 1.54) is 32.0 Å². The van der Waals surface area contributed by atoms with Crippen LogP contribution in [0.4, 0.5) is 0 Å². The average Bonchev–Trinajstić information content (AvgIpc) is 2.58. The van der Waals surface area contributed by atoms with Crippen LogP contribution in [0.1, 0.15) is 25.7 Å². The third kappa shape index (κ3) is 1.48. The number of quaternary nitrogens is 1. The smallest absolute Gasteiger partial charge is 0.195 e. The maximum absolute atomic E-state index is 4.13. The molecule has 9 heavy (non-hydrogen) atoms. The van der Waals surface area contributed by atoms with Crippen LogP contribution < -0.4 is 5.73 Å². The van der Waals surface area contributed by atoms with Crippen molar-refractivity contribution in [2.75, 3.05) is 0 Å². The number of hydrogen-bond acceptors (Lipinski definition) is 0. The lowest BCUT2D eigenvalue weighted by Gasteiger charge is -1.99. The van der Waals surface area contributed by atoms with Crippen LogP contribution in [-0.4, -0.2) is 12.7 Å². The van der Waals surface area contributed by atoms with Gasteiger partial charge in [0.1, 0.15) is 0 Å². The van der Waals surface area contributed by atoms with Gasteiger partial charge in [0.15, 0.2) is 7.28 Å². The predicted octanol–water partition coefficient (Wildman–Crippen LogP) is 0.251. The van der Waals surface area contributed by atoms with E-state index >= 15 is 0 Å². The van der Waals surface area contributed by atoms with Gasteiger partial charge in [-0.05, 0) is 18.8 Å². The number of rotatable bonds is 3. The van der Waals surface area contributed by atoms with Crippen molar-refractivity contribution in [3.05, 3.63) is 0 Å². The van der Waals surface area contributed by atoms with E-state index in [1.54, 1.807) is 0 Å². The Bertz CT molecular complexity index is 116. The van der Waals surface area contributed by atoms with Crippen molar-refractivity contribution in [2.24, 2.45) is 5.92 Å². The van der Waals surface area contributed by atoms with Gasteiger partial charge in [0.25, 0.3) is 0 Å². The van der Waals surface area contributed by atoms with Crippen molar-refractivity contribution in [3.63, 3.8) is 0 Å². The van der Waals surface area contributed by atoms with Crippen LogP contribution in [0.3, 0.4) is 0 Å². The first kappa shape index (κ1) is 5.78. The maximum Gasteiger partial charge on any atom is 0.195 e. The lowest BCUT2D eigenvalue weighted by atomic mass is 9.63. The molecule has 0 aromatic rings. The Labute approximate surface area is 57.2 Å². The van der Waals surface area contributed by atoms with Gasteiger partial charge < -0.3 is 5.73 Å². The molecule has 2 fully saturated rings. The fourth-order valence-corrected chi connectivity index (χ4v) is 1.13. The van der Waals surface area contributed by atoms with E-state index < -0.39 is 0 Å². The van der Waals surface area contributed by atoms with Gasteiger partial charge in [0, 0.05) is 0 Å². The maximum atomic E-state index is 4.13. The second-order valence-electron chi connectivity index (χ2n) is 3.75. The van der Waals surface area contributed by atoms with Gasteiger partial charge >= 0.3 is 0 Å². The fraction of sp³-hybridized carbons (Fsp3) is 1.00. The van der Waals surface area contributed by atoms with Gasteiger partial charge in [-0.15, -0.1) is 0 Å². The molecule has 0 aromatic heterocycles. The highest BCUT2D eigenvalue weighted by Gasteiger charge is 2.43. The summed E-state index contributed by atoms with van der Waals surface area (Å²) in [5, 5.41) is 0. The molecule has 0 unspecified atom stereocenters. The van der Waals surface area contributed by atoms with E-state index in [4.69, 9.17) is 0 Å². The molecule has 1 nitrogen and oxygen atoms in total. The minimum absolute atomic E-state index is 0.447. The van der Waals surface area contributed by atoms with E-state index in [9.17, 15) is 0 Å². The van der Waals surface area contributed by atoms with E-state index in [1.807, 2.05) is 0 Å². The summed E-state index contributed by atoms with van der Waals surface area (Å²) in [4.78, 5) is 0. The van der Waals surface area contributed by atoms with Crippen molar-refractivity contribution in [3.8, 4) is 0 Å². The minimum atomic E-state index is 0.447. The van der Waals surface area contributed by atoms with Crippen LogP contribution in [0.2, 0.25) is 6.32 Å². The minimum Gasteiger partial charge on any atom is -0.361 e. The lowest BCUT2D eigenvalue weighted by Crippen LogP contribution is -2.66. The summed E-state index contributed by atoms with van der Waals surface area (Å²) in [7, 11) is 2.45. The standard InChI is InChI=1S/C7H13BN/c9-7(3-4-7)8-5-6-1-2-6/h6H,1-5,9H2/p+1. The molecule has 2 rings (SSSR count). The van der Waals surface area contributed by atoms with Crippen molar-refractivity contribution < 1.29 is 5.73 Å². The first-order chi connectivity index (χ1) is 4.29. The Balaban J connectivity index is 1.65. The zero-order valence-corrected chi connectivity index (χ0v) is 5.90. The van der Waals surface area contributed by atoms with Crippen LogP contribution in [0.5, 0.6) is 0 Å². The molecule has 1 radical (unpaired) electrons. The first-order valence-corrected chi connectivity index (χ1v) is 3.98. The molecular formula is C7H14BN+. The lowest BCUT2D eigenvalue weighted by molar-refractivity contribution is -0.407. The molecule has 3 N–H and O–H groups in total. The van der Waals surface area contributed by atoms with Gasteiger partial charge in [-0.25, -0.2) is 0 Å². The summed E-state index contributed by atoms with van der Waals surface area (Å²) in [5.74, 6) is 1.06. The van der Waals surface area contributed by atoms with Crippen LogP contribution in [-0.2, 0) is 0 Å². The van der Waals surface area contributed by atoms with Crippen LogP contribution >= 0.6 is 0 Å². The Morgan fingerprint density at radius 2 is 2.11 bits per heavy atom. The third-order valence-electron chi connectivity index (χ3n) is 2.47. The second kappa shape index (κ2) is 1.75. The molecular weight excluding hydrogens is 109 g/mol. The highest BCUT2D eigenvalue weighted by Crippen LogP contribution is 2.37. The average molecular weight is 123 g/mol. The molecule has 2 heteroatoms. The highest BCUT2D eigenvalue weighted by atomic mass is 14.8. The SMILES string of the molecule is [NH3+]C1([B]CC2CC2)CC1. The van der Waals surface area contributed by atoms with Crippen molar-refractivity contribution in [1.82, 2.24) is 0 Å². The van der Waals surface area contributed by atoms with Crippen LogP contribution in [0, 0.1) is 5.92 Å². The molecule has 0 spiro atoms. The molecule has 0 saturated heterocycles. The molecule has 0 heterocycles. The Morgan fingerprint density at radius 3 is 2.56 bits per heavy atom. The van der Waals surface area contributed by atoms with Crippen LogP contribution in [0.15, 0.2) is 0 Å². The molecule has 0 aromatic carbocycles. The van der Waals surface area contributed by atoms with E-state index in [0.717, 1.165) is 5.92 Å². The monoisotopic (exact) mass is 123 g/mol. The predicted molar refractivity (Wildman–Crippen MR) is 38.1 cm³/mol. The van der Waals surface area contributed by atoms with Gasteiger partial charge in [-0.3, -0.25) is 0 Å². The van der Waals surface area contributed by atoms with Gasteiger partial charge in [-0.2, -0.15) is 0 Å². The molecule has 0 aliphatic heterocycles. The zero-order valence-electron chi connectivity index (χ0n) is 5.90. The topological polar surface area (TPSA) is 27.6 Å². The normalized spacial score (nSPS) is 29.9. The Morgan fingerprint density at radius 1 is 1.44 bits per heavy atom. The molecule has 0 bridgehead atoms. The summed E-state index contributed by atoms with van der Waals surface area (Å²) in [6.45, 7) is 0. The van der Waals surface area contributed by atoms with Crippen LogP contribution in [0.25, 0.3) is 0 Å². The molecule has 2 saturated carbocycles. The summed E-state index contributed by atoms with van der Waals surface area (Å²) >= 11 is 0. The highest BCUT2D eigenvalue weighted by molar-refractivity contribution is 6.40. The Kier molecular flexibility index (Phi) is 1.13. The number of hydrogen-bond donors (Lipinski definition) is 1. The van der Waals surface area contributed by atoms with Crippen molar-refractivity contribution in [2.45, 2.75) is 37.4 Å². The summed E-state index contributed by atoms with van der Waals surface area (Å²) in [6, 6.07) is 0. The molecule has 2 aliphatic rings. The van der Waals surface area contributed by atoms with Gasteiger partial charge in [0.05, 0.1) is 5.44 Å². The quantitative estimate of drug-likeness (QED) is 0.521. The third-order valence-corrected chi connectivity index (χ3v) is 2.47. The molecule has 2 aliphatic carbocycles. The first-order valence-electron chi connectivity index (χ1n) is 3.98. The van der Waals surface area contributed by atoms with E-state index in [-0.39, 0.29) is 0 Å². The molecule has 49 valence electrons. The summed E-state index contributed by atoms with van der Waals surface area (Å²) in [5.41, 5.74) is 4.57. The fourth-order valence-electron chi connectivity index (χ4n) is 1.13. The summed E-state index contributed by atoms with van der Waals surface area (Å²) in [6.07, 6.45) is 7.00. The Hall–Kier alpha value is 0.0249. The van der Waals surface area contributed by atoms with Crippen molar-refractivity contribution >= 4 is 7.28 Å². The zero-order chi connectivity index (χ0) is 6.32. The summed E-state index contributed by atoms with van der Waals surface area (Å²) < 4.78 is 0. The van der Waals surface area contributed by atoms with E-state index in [0.29, 0.717) is 5.44 Å². The molecule has 0 amide bonds. The van der Waals surface area contributed by atoms with Gasteiger partial charge in [0.2, 0.25) is 0 Å². The largest absolute Gasteiger partial charge is 0.361 e.